The van der Waals surface area contributed by atoms with E-state index in [1.807, 2.05) is 0 Å². The highest BCUT2D eigenvalue weighted by molar-refractivity contribution is 7.89. The quantitative estimate of drug-likeness (QED) is 0.657. The average molecular weight is 464 g/mol. The number of benzene rings is 1. The van der Waals surface area contributed by atoms with Crippen molar-refractivity contribution >= 4 is 15.9 Å². The predicted octanol–water partition coefficient (Wildman–Crippen LogP) is 5.35. The topological polar surface area (TPSA) is 61.8 Å². The Morgan fingerprint density at radius 2 is 1.59 bits per heavy atom. The number of amidine groups is 1. The molecule has 0 saturated carbocycles. The summed E-state index contributed by atoms with van der Waals surface area (Å²) in [5.41, 5.74) is 2.00. The third-order valence-electron chi connectivity index (χ3n) is 6.01. The minimum atomic E-state index is -3.98. The zero-order chi connectivity index (χ0) is 24.3. The second-order valence-electron chi connectivity index (χ2n) is 12.1. The molecule has 5 nitrogen and oxygen atoms in total. The molecule has 3 rings (SSSR count). The van der Waals surface area contributed by atoms with E-state index in [0.29, 0.717) is 13.0 Å². The number of sulfonamides is 1. The highest BCUT2D eigenvalue weighted by Crippen LogP contribution is 2.47. The number of hydrogen-bond acceptors (Lipinski definition) is 4. The Labute approximate surface area is 193 Å². The van der Waals surface area contributed by atoms with Gasteiger partial charge in [-0.1, -0.05) is 74.4 Å². The van der Waals surface area contributed by atoms with Crippen LogP contribution in [-0.2, 0) is 10.0 Å². The summed E-state index contributed by atoms with van der Waals surface area (Å²) >= 11 is 0. The van der Waals surface area contributed by atoms with Gasteiger partial charge in [-0.2, -0.15) is 0 Å². The molecule has 0 amide bonds. The zero-order valence-corrected chi connectivity index (χ0v) is 21.7. The molecule has 2 atom stereocenters. The van der Waals surface area contributed by atoms with E-state index in [-0.39, 0.29) is 33.2 Å². The van der Waals surface area contributed by atoms with Crippen LogP contribution in [0.25, 0.3) is 0 Å². The SMILES string of the molecule is CC(C)(C)C1=N[C@@H](C(C)(C)C)C(C(C)(C)C)=C2C[C@H](NS(=O)(=O)c3ccccc3F)CN12. The number of hydrogen-bond donors (Lipinski definition) is 1. The Morgan fingerprint density at radius 3 is 2.09 bits per heavy atom. The van der Waals surface area contributed by atoms with Gasteiger partial charge in [0.05, 0.1) is 6.04 Å². The van der Waals surface area contributed by atoms with E-state index in [1.54, 1.807) is 0 Å². The lowest BCUT2D eigenvalue weighted by Crippen LogP contribution is -2.47. The number of aliphatic imine (C=N–C) groups is 1. The standard InChI is InChI=1S/C25H38FN3O2S/c1-23(2,3)20-18-14-16(28-32(30,31)19-13-11-10-12-17(19)26)15-29(18)22(25(7,8)9)27-21(20)24(4,5)6/h10-13,16,21,28H,14-15H2,1-9H3/t16-,21+/m0/s1. The van der Waals surface area contributed by atoms with Crippen molar-refractivity contribution in [1.82, 2.24) is 9.62 Å². The van der Waals surface area contributed by atoms with Crippen LogP contribution in [0.2, 0.25) is 0 Å². The van der Waals surface area contributed by atoms with E-state index in [9.17, 15) is 12.8 Å². The largest absolute Gasteiger partial charge is 0.332 e. The maximum Gasteiger partial charge on any atom is 0.243 e. The van der Waals surface area contributed by atoms with Crippen LogP contribution in [0, 0.1) is 22.1 Å². The summed E-state index contributed by atoms with van der Waals surface area (Å²) in [6.45, 7) is 20.1. The van der Waals surface area contributed by atoms with Crippen molar-refractivity contribution in [3.63, 3.8) is 0 Å². The fourth-order valence-electron chi connectivity index (χ4n) is 4.72. The normalized spacial score (nSPS) is 22.8. The van der Waals surface area contributed by atoms with Gasteiger partial charge in [-0.25, -0.2) is 17.5 Å². The van der Waals surface area contributed by atoms with Crippen LogP contribution in [0.5, 0.6) is 0 Å². The third-order valence-corrected chi connectivity index (χ3v) is 7.56. The fourth-order valence-corrected chi connectivity index (χ4v) is 6.02. The second-order valence-corrected chi connectivity index (χ2v) is 13.8. The molecule has 1 N–H and O–H groups in total. The molecule has 0 spiro atoms. The van der Waals surface area contributed by atoms with Gasteiger partial charge < -0.3 is 4.90 Å². The van der Waals surface area contributed by atoms with Gasteiger partial charge in [-0.05, 0) is 28.5 Å². The minimum Gasteiger partial charge on any atom is -0.332 e. The first kappa shape index (κ1) is 24.9. The van der Waals surface area contributed by atoms with E-state index in [4.69, 9.17) is 4.99 Å². The van der Waals surface area contributed by atoms with Crippen LogP contribution >= 0.6 is 0 Å². The fraction of sp³-hybridized carbons (Fsp3) is 0.640. The van der Waals surface area contributed by atoms with Crippen LogP contribution in [0.15, 0.2) is 45.4 Å². The van der Waals surface area contributed by atoms with E-state index in [1.165, 1.54) is 29.8 Å². The van der Waals surface area contributed by atoms with Crippen LogP contribution in [0.3, 0.4) is 0 Å². The lowest BCUT2D eigenvalue weighted by Gasteiger charge is -2.45. The molecule has 0 bridgehead atoms. The van der Waals surface area contributed by atoms with E-state index in [2.05, 4.69) is 71.9 Å². The Bertz CT molecular complexity index is 1050. The second kappa shape index (κ2) is 7.94. The van der Waals surface area contributed by atoms with E-state index in [0.717, 1.165) is 11.5 Å². The van der Waals surface area contributed by atoms with Crippen molar-refractivity contribution in [3.8, 4) is 0 Å². The van der Waals surface area contributed by atoms with Gasteiger partial charge in [0.2, 0.25) is 10.0 Å². The van der Waals surface area contributed by atoms with Gasteiger partial charge in [0.1, 0.15) is 16.5 Å². The Morgan fingerprint density at radius 1 is 1.00 bits per heavy atom. The lowest BCUT2D eigenvalue weighted by atomic mass is 9.70. The first-order valence-corrected chi connectivity index (χ1v) is 12.8. The van der Waals surface area contributed by atoms with Gasteiger partial charge in [0.25, 0.3) is 0 Å². The molecular formula is C25H38FN3O2S. The van der Waals surface area contributed by atoms with Crippen molar-refractivity contribution in [2.24, 2.45) is 21.2 Å². The summed E-state index contributed by atoms with van der Waals surface area (Å²) in [5, 5.41) is 0. The van der Waals surface area contributed by atoms with Gasteiger partial charge in [0, 0.05) is 30.1 Å². The number of rotatable bonds is 3. The summed E-state index contributed by atoms with van der Waals surface area (Å²) in [6, 6.07) is 5.14. The highest BCUT2D eigenvalue weighted by Gasteiger charge is 2.47. The first-order valence-electron chi connectivity index (χ1n) is 11.3. The molecule has 1 aromatic carbocycles. The first-order chi connectivity index (χ1) is 14.4. The molecule has 0 aliphatic carbocycles. The maximum atomic E-state index is 14.2. The van der Waals surface area contributed by atoms with Crippen molar-refractivity contribution in [2.75, 3.05) is 6.54 Å². The van der Waals surface area contributed by atoms with Crippen molar-refractivity contribution in [1.29, 1.82) is 0 Å². The molecule has 1 fully saturated rings. The van der Waals surface area contributed by atoms with Crippen molar-refractivity contribution in [3.05, 3.63) is 41.4 Å². The molecule has 2 aliphatic heterocycles. The molecular weight excluding hydrogens is 425 g/mol. The summed E-state index contributed by atoms with van der Waals surface area (Å²) < 4.78 is 42.9. The number of fused-ring (bicyclic) bond motifs is 1. The summed E-state index contributed by atoms with van der Waals surface area (Å²) in [7, 11) is -3.98. The van der Waals surface area contributed by atoms with Crippen LogP contribution in [-0.4, -0.2) is 37.8 Å². The maximum absolute atomic E-state index is 14.2. The molecule has 2 heterocycles. The monoisotopic (exact) mass is 463 g/mol. The molecule has 0 aromatic heterocycles. The zero-order valence-electron chi connectivity index (χ0n) is 20.9. The van der Waals surface area contributed by atoms with Gasteiger partial charge in [0.15, 0.2) is 0 Å². The predicted molar refractivity (Wildman–Crippen MR) is 128 cm³/mol. The van der Waals surface area contributed by atoms with Gasteiger partial charge >= 0.3 is 0 Å². The lowest BCUT2D eigenvalue weighted by molar-refractivity contribution is 0.285. The molecule has 1 saturated heterocycles. The van der Waals surface area contributed by atoms with Gasteiger partial charge in [-0.15, -0.1) is 0 Å². The van der Waals surface area contributed by atoms with Gasteiger partial charge in [-0.3, -0.25) is 4.99 Å². The van der Waals surface area contributed by atoms with E-state index < -0.39 is 15.8 Å². The molecule has 0 radical (unpaired) electrons. The number of halogens is 1. The Kier molecular flexibility index (Phi) is 6.18. The summed E-state index contributed by atoms with van der Waals surface area (Å²) in [4.78, 5) is 7.16. The molecule has 7 heteroatoms. The summed E-state index contributed by atoms with van der Waals surface area (Å²) in [6.07, 6.45) is 0.558. The molecule has 2 aliphatic rings. The minimum absolute atomic E-state index is 0.00454. The number of nitrogens with one attached hydrogen (secondary N) is 1. The molecule has 0 unspecified atom stereocenters. The van der Waals surface area contributed by atoms with Crippen LogP contribution < -0.4 is 4.72 Å². The summed E-state index contributed by atoms with van der Waals surface area (Å²) in [5.74, 6) is 0.239. The third kappa shape index (κ3) is 4.79. The van der Waals surface area contributed by atoms with Crippen LogP contribution in [0.1, 0.15) is 68.7 Å². The molecule has 1 aromatic rings. The smallest absolute Gasteiger partial charge is 0.243 e. The average Bonchev–Trinajstić information content (AvgIpc) is 2.99. The van der Waals surface area contributed by atoms with Crippen molar-refractivity contribution < 1.29 is 12.8 Å². The number of nitrogens with zero attached hydrogens (tertiary/aromatic N) is 2. The Balaban J connectivity index is 2.07. The van der Waals surface area contributed by atoms with Crippen molar-refractivity contribution in [2.45, 2.75) is 85.7 Å². The van der Waals surface area contributed by atoms with Crippen LogP contribution in [0.4, 0.5) is 4.39 Å². The molecule has 178 valence electrons. The molecule has 32 heavy (non-hydrogen) atoms. The Hall–Kier alpha value is -1.73. The highest BCUT2D eigenvalue weighted by atomic mass is 32.2. The van der Waals surface area contributed by atoms with E-state index >= 15 is 0 Å².